The Morgan fingerprint density at radius 3 is 2.88 bits per heavy atom. The molecule has 0 bridgehead atoms. The number of aliphatic hydroxyl groups excluding tert-OH is 1. The molecule has 3 heterocycles. The number of likely N-dealkylation sites (N-methyl/N-ethyl adjacent to an activating group) is 1. The second-order valence-corrected chi connectivity index (χ2v) is 8.94. The Morgan fingerprint density at radius 2 is 2.03 bits per heavy atom. The summed E-state index contributed by atoms with van der Waals surface area (Å²) >= 11 is 6.38. The lowest BCUT2D eigenvalue weighted by molar-refractivity contribution is 0.152. The molecule has 2 aliphatic rings. The average molecular weight is 481 g/mol. The lowest BCUT2D eigenvalue weighted by atomic mass is 9.98. The SMILES string of the molecule is CN1CC=CC=C1C(O)c1cc(-c2ncnc3cc(N4CCCOCC4)ccc23)c(F)cc1Cl. The van der Waals surface area contributed by atoms with Crippen molar-refractivity contribution in [1.82, 2.24) is 14.9 Å². The Kier molecular flexibility index (Phi) is 6.50. The third kappa shape index (κ3) is 4.39. The standard InChI is InChI=1S/C26H26ClFN4O2/c1-31-8-3-2-5-24(31)26(33)19-14-20(22(28)15-21(19)27)25-18-7-6-17(13-23(18)29-16-30-25)32-9-4-11-34-12-10-32/h2-3,5-7,13-16,26,33H,4,8-12H2,1H3. The number of rotatable bonds is 4. The highest BCUT2D eigenvalue weighted by Gasteiger charge is 2.24. The molecule has 3 aromatic rings. The highest BCUT2D eigenvalue weighted by atomic mass is 35.5. The maximum Gasteiger partial charge on any atom is 0.134 e. The number of ether oxygens (including phenoxy) is 1. The van der Waals surface area contributed by atoms with E-state index in [1.807, 2.05) is 48.4 Å². The molecule has 1 unspecified atom stereocenters. The average Bonchev–Trinajstić information content (AvgIpc) is 3.13. The molecule has 2 aliphatic heterocycles. The molecule has 6 nitrogen and oxygen atoms in total. The minimum atomic E-state index is -0.994. The largest absolute Gasteiger partial charge is 0.382 e. The van der Waals surface area contributed by atoms with E-state index in [2.05, 4.69) is 14.9 Å². The minimum absolute atomic E-state index is 0.168. The molecule has 8 heteroatoms. The summed E-state index contributed by atoms with van der Waals surface area (Å²) in [6, 6.07) is 8.78. The molecule has 0 saturated carbocycles. The molecule has 176 valence electrons. The van der Waals surface area contributed by atoms with Gasteiger partial charge in [0, 0.05) is 66.2 Å². The molecule has 1 N–H and O–H groups in total. The number of hydrogen-bond donors (Lipinski definition) is 1. The van der Waals surface area contributed by atoms with Gasteiger partial charge in [-0.3, -0.25) is 0 Å². The molecular weight excluding hydrogens is 455 g/mol. The molecule has 2 aromatic carbocycles. The van der Waals surface area contributed by atoms with E-state index < -0.39 is 11.9 Å². The summed E-state index contributed by atoms with van der Waals surface area (Å²) in [5.41, 5.74) is 3.64. The van der Waals surface area contributed by atoms with Crippen LogP contribution in [0.15, 0.2) is 60.6 Å². The Bertz CT molecular complexity index is 1270. The molecule has 1 saturated heterocycles. The first-order chi connectivity index (χ1) is 16.5. The van der Waals surface area contributed by atoms with Gasteiger partial charge in [-0.15, -0.1) is 0 Å². The predicted octanol–water partition coefficient (Wildman–Crippen LogP) is 4.73. The van der Waals surface area contributed by atoms with Gasteiger partial charge in [0.05, 0.1) is 17.8 Å². The van der Waals surface area contributed by atoms with Gasteiger partial charge in [0.15, 0.2) is 0 Å². The highest BCUT2D eigenvalue weighted by Crippen LogP contribution is 2.37. The molecule has 1 atom stereocenters. The Labute approximate surface area is 202 Å². The summed E-state index contributed by atoms with van der Waals surface area (Å²) in [6.45, 7) is 3.86. The van der Waals surface area contributed by atoms with Gasteiger partial charge >= 0.3 is 0 Å². The lowest BCUT2D eigenvalue weighted by Gasteiger charge is -2.28. The number of halogens is 2. The van der Waals surface area contributed by atoms with Crippen LogP contribution < -0.4 is 4.90 Å². The van der Waals surface area contributed by atoms with Crippen LogP contribution in [0.4, 0.5) is 10.1 Å². The van der Waals surface area contributed by atoms with Gasteiger partial charge in [-0.05, 0) is 42.8 Å². The maximum absolute atomic E-state index is 15.2. The molecular formula is C26H26ClFN4O2. The van der Waals surface area contributed by atoms with E-state index in [0.29, 0.717) is 30.1 Å². The molecule has 0 radical (unpaired) electrons. The van der Waals surface area contributed by atoms with Gasteiger partial charge in [-0.2, -0.15) is 0 Å². The topological polar surface area (TPSA) is 61.7 Å². The lowest BCUT2D eigenvalue weighted by Crippen LogP contribution is -2.25. The summed E-state index contributed by atoms with van der Waals surface area (Å²) in [5.74, 6) is -0.499. The smallest absolute Gasteiger partial charge is 0.134 e. The van der Waals surface area contributed by atoms with E-state index in [0.717, 1.165) is 42.7 Å². The van der Waals surface area contributed by atoms with E-state index in [4.69, 9.17) is 16.3 Å². The van der Waals surface area contributed by atoms with E-state index in [9.17, 15) is 5.11 Å². The molecule has 5 rings (SSSR count). The zero-order valence-electron chi connectivity index (χ0n) is 18.9. The van der Waals surface area contributed by atoms with Gasteiger partial charge in [-0.25, -0.2) is 14.4 Å². The van der Waals surface area contributed by atoms with Gasteiger partial charge in [0.1, 0.15) is 18.2 Å². The molecule has 1 aromatic heterocycles. The quantitative estimate of drug-likeness (QED) is 0.582. The second kappa shape index (κ2) is 9.70. The Hall–Kier alpha value is -3.00. The second-order valence-electron chi connectivity index (χ2n) is 8.53. The van der Waals surface area contributed by atoms with Gasteiger partial charge in [0.25, 0.3) is 0 Å². The molecule has 34 heavy (non-hydrogen) atoms. The summed E-state index contributed by atoms with van der Waals surface area (Å²) < 4.78 is 20.7. The van der Waals surface area contributed by atoms with Crippen LogP contribution in [0.2, 0.25) is 5.02 Å². The van der Waals surface area contributed by atoms with E-state index in [-0.39, 0.29) is 10.6 Å². The first kappa shape index (κ1) is 22.8. The van der Waals surface area contributed by atoms with Crippen molar-refractivity contribution in [3.8, 4) is 11.3 Å². The number of allylic oxidation sites excluding steroid dienone is 2. The highest BCUT2D eigenvalue weighted by molar-refractivity contribution is 6.31. The molecule has 0 aliphatic carbocycles. The van der Waals surface area contributed by atoms with Crippen LogP contribution in [-0.4, -0.2) is 59.9 Å². The van der Waals surface area contributed by atoms with Crippen molar-refractivity contribution in [3.63, 3.8) is 0 Å². The summed E-state index contributed by atoms with van der Waals surface area (Å²) in [5, 5.41) is 12.0. The van der Waals surface area contributed by atoms with Crippen LogP contribution in [0.5, 0.6) is 0 Å². The van der Waals surface area contributed by atoms with Crippen LogP contribution in [-0.2, 0) is 4.74 Å². The number of aliphatic hydroxyl groups is 1. The van der Waals surface area contributed by atoms with E-state index >= 15 is 4.39 Å². The van der Waals surface area contributed by atoms with Crippen LogP contribution in [0.25, 0.3) is 22.2 Å². The third-order valence-corrected chi connectivity index (χ3v) is 6.67. The third-order valence-electron chi connectivity index (χ3n) is 6.35. The van der Waals surface area contributed by atoms with Crippen molar-refractivity contribution in [2.45, 2.75) is 12.5 Å². The monoisotopic (exact) mass is 480 g/mol. The number of nitrogens with zero attached hydrogens (tertiary/aromatic N) is 4. The number of fused-ring (bicyclic) bond motifs is 1. The van der Waals surface area contributed by atoms with Crippen LogP contribution >= 0.6 is 11.6 Å². The zero-order valence-corrected chi connectivity index (χ0v) is 19.7. The Balaban J connectivity index is 1.56. The van der Waals surface area contributed by atoms with Gasteiger partial charge < -0.3 is 19.6 Å². The minimum Gasteiger partial charge on any atom is -0.382 e. The van der Waals surface area contributed by atoms with Crippen LogP contribution in [0.3, 0.4) is 0 Å². The molecule has 1 fully saturated rings. The normalized spacial score (nSPS) is 17.6. The summed E-state index contributed by atoms with van der Waals surface area (Å²) in [7, 11) is 1.89. The summed E-state index contributed by atoms with van der Waals surface area (Å²) in [6.07, 6.45) is 7.14. The molecule has 0 spiro atoms. The van der Waals surface area contributed by atoms with Crippen molar-refractivity contribution in [3.05, 3.63) is 77.0 Å². The van der Waals surface area contributed by atoms with Crippen molar-refractivity contribution in [1.29, 1.82) is 0 Å². The fraction of sp³-hybridized carbons (Fsp3) is 0.308. The number of hydrogen-bond acceptors (Lipinski definition) is 6. The van der Waals surface area contributed by atoms with Crippen LogP contribution in [0, 0.1) is 5.82 Å². The number of aromatic nitrogens is 2. The number of anilines is 1. The van der Waals surface area contributed by atoms with E-state index in [1.165, 1.54) is 12.4 Å². The van der Waals surface area contributed by atoms with Gasteiger partial charge in [0.2, 0.25) is 0 Å². The number of benzene rings is 2. The molecule has 0 amide bonds. The summed E-state index contributed by atoms with van der Waals surface area (Å²) in [4.78, 5) is 13.1. The van der Waals surface area contributed by atoms with Crippen molar-refractivity contribution >= 4 is 28.2 Å². The maximum atomic E-state index is 15.2. The van der Waals surface area contributed by atoms with Crippen molar-refractivity contribution in [2.75, 3.05) is 44.8 Å². The first-order valence-electron chi connectivity index (χ1n) is 11.4. The predicted molar refractivity (Wildman–Crippen MR) is 132 cm³/mol. The van der Waals surface area contributed by atoms with Crippen molar-refractivity contribution < 1.29 is 14.2 Å². The zero-order chi connectivity index (χ0) is 23.7. The fourth-order valence-electron chi connectivity index (χ4n) is 4.50. The fourth-order valence-corrected chi connectivity index (χ4v) is 4.75. The van der Waals surface area contributed by atoms with E-state index in [1.54, 1.807) is 6.07 Å². The van der Waals surface area contributed by atoms with Crippen LogP contribution in [0.1, 0.15) is 18.1 Å². The van der Waals surface area contributed by atoms with Gasteiger partial charge in [-0.1, -0.05) is 23.8 Å². The first-order valence-corrected chi connectivity index (χ1v) is 11.7. The van der Waals surface area contributed by atoms with Crippen molar-refractivity contribution in [2.24, 2.45) is 0 Å². The Morgan fingerprint density at radius 1 is 1.15 bits per heavy atom.